The summed E-state index contributed by atoms with van der Waals surface area (Å²) in [4.78, 5) is 13.6. The molecule has 1 spiro atoms. The number of halogens is 1. The lowest BCUT2D eigenvalue weighted by Gasteiger charge is -2.57. The fourth-order valence-electron chi connectivity index (χ4n) is 2.92. The molecule has 2 saturated heterocycles. The van der Waals surface area contributed by atoms with Gasteiger partial charge in [0.05, 0.1) is 12.7 Å². The third-order valence-corrected chi connectivity index (χ3v) is 4.16. The minimum absolute atomic E-state index is 0.00398. The minimum Gasteiger partial charge on any atom is -0.465 e. The van der Waals surface area contributed by atoms with Crippen LogP contribution in [0.5, 0.6) is 0 Å². The van der Waals surface area contributed by atoms with Gasteiger partial charge in [-0.3, -0.25) is 0 Å². The molecule has 2 aliphatic rings. The van der Waals surface area contributed by atoms with E-state index in [1.54, 1.807) is 6.92 Å². The van der Waals surface area contributed by atoms with Gasteiger partial charge in [0.15, 0.2) is 0 Å². The average molecular weight is 264 g/mol. The number of hydrogen-bond acceptors (Lipinski definition) is 4. The normalized spacial score (nSPS) is 19.8. The zero-order chi connectivity index (χ0) is 13.6. The highest BCUT2D eigenvalue weighted by Gasteiger charge is 2.47. The van der Waals surface area contributed by atoms with Gasteiger partial charge in [0.1, 0.15) is 5.82 Å². The molecule has 102 valence electrons. The molecule has 0 unspecified atom stereocenters. The van der Waals surface area contributed by atoms with E-state index in [-0.39, 0.29) is 5.56 Å². The summed E-state index contributed by atoms with van der Waals surface area (Å²) in [5.41, 5.74) is 1.79. The number of ether oxygens (including phenoxy) is 1. The first-order valence-electron chi connectivity index (χ1n) is 6.39. The van der Waals surface area contributed by atoms with Crippen LogP contribution in [0.1, 0.15) is 15.9 Å². The second-order valence-corrected chi connectivity index (χ2v) is 5.52. The Morgan fingerprint density at radius 3 is 2.63 bits per heavy atom. The number of nitrogens with zero attached hydrogens (tertiary/aromatic N) is 1. The largest absolute Gasteiger partial charge is 0.465 e. The van der Waals surface area contributed by atoms with E-state index in [4.69, 9.17) is 0 Å². The molecule has 0 amide bonds. The smallest absolute Gasteiger partial charge is 0.340 e. The van der Waals surface area contributed by atoms with Crippen LogP contribution in [0.2, 0.25) is 0 Å². The first-order valence-corrected chi connectivity index (χ1v) is 6.39. The van der Waals surface area contributed by atoms with Crippen LogP contribution in [0.15, 0.2) is 12.1 Å². The average Bonchev–Trinajstić information content (AvgIpc) is 2.30. The highest BCUT2D eigenvalue weighted by molar-refractivity contribution is 5.90. The van der Waals surface area contributed by atoms with Gasteiger partial charge in [-0.25, -0.2) is 9.18 Å². The van der Waals surface area contributed by atoms with Gasteiger partial charge in [-0.1, -0.05) is 0 Å². The molecular formula is C14H17FN2O2. The van der Waals surface area contributed by atoms with Gasteiger partial charge in [0.2, 0.25) is 0 Å². The highest BCUT2D eigenvalue weighted by Crippen LogP contribution is 2.39. The van der Waals surface area contributed by atoms with Gasteiger partial charge in [-0.05, 0) is 19.1 Å². The van der Waals surface area contributed by atoms with Crippen molar-refractivity contribution < 1.29 is 13.9 Å². The summed E-state index contributed by atoms with van der Waals surface area (Å²) in [5.74, 6) is -1.10. The van der Waals surface area contributed by atoms with Crippen LogP contribution < -0.4 is 10.2 Å². The first kappa shape index (κ1) is 12.4. The van der Waals surface area contributed by atoms with Crippen molar-refractivity contribution in [1.82, 2.24) is 5.32 Å². The molecule has 19 heavy (non-hydrogen) atoms. The Labute approximate surface area is 111 Å². The van der Waals surface area contributed by atoms with Crippen molar-refractivity contribution in [2.45, 2.75) is 6.92 Å². The third-order valence-electron chi connectivity index (χ3n) is 4.16. The Morgan fingerprint density at radius 2 is 2.11 bits per heavy atom. The van der Waals surface area contributed by atoms with Crippen LogP contribution in [0.3, 0.4) is 0 Å². The zero-order valence-corrected chi connectivity index (χ0v) is 11.1. The van der Waals surface area contributed by atoms with E-state index in [2.05, 4.69) is 15.0 Å². The van der Waals surface area contributed by atoms with E-state index in [0.29, 0.717) is 11.0 Å². The number of benzene rings is 1. The number of carbonyl (C=O) groups excluding carboxylic acids is 1. The topological polar surface area (TPSA) is 41.6 Å². The molecule has 0 radical (unpaired) electrons. The molecule has 0 aliphatic carbocycles. The summed E-state index contributed by atoms with van der Waals surface area (Å²) in [7, 11) is 1.26. The van der Waals surface area contributed by atoms with Crippen LogP contribution in [0.25, 0.3) is 0 Å². The van der Waals surface area contributed by atoms with Gasteiger partial charge in [-0.15, -0.1) is 0 Å². The lowest BCUT2D eigenvalue weighted by atomic mass is 9.74. The van der Waals surface area contributed by atoms with Crippen molar-refractivity contribution in [2.24, 2.45) is 5.41 Å². The van der Waals surface area contributed by atoms with Crippen LogP contribution in [-0.2, 0) is 4.74 Å². The molecule has 4 nitrogen and oxygen atoms in total. The Hall–Kier alpha value is -1.62. The second-order valence-electron chi connectivity index (χ2n) is 5.52. The van der Waals surface area contributed by atoms with Gasteiger partial charge in [0, 0.05) is 42.8 Å². The molecule has 0 aromatic heterocycles. The molecule has 1 aromatic rings. The van der Waals surface area contributed by atoms with Crippen LogP contribution in [0.4, 0.5) is 10.1 Å². The predicted molar refractivity (Wildman–Crippen MR) is 70.0 cm³/mol. The van der Waals surface area contributed by atoms with Crippen molar-refractivity contribution in [2.75, 3.05) is 38.2 Å². The lowest BCUT2D eigenvalue weighted by molar-refractivity contribution is 0.0595. The molecule has 5 heteroatoms. The maximum absolute atomic E-state index is 14.2. The summed E-state index contributed by atoms with van der Waals surface area (Å²) in [6.07, 6.45) is 0. The standard InChI is InChI=1S/C14H17FN2O2/c1-9-11(17-7-14(8-17)5-16-6-14)4-3-10(12(9)15)13(18)19-2/h3-4,16H,5-8H2,1-2H3. The number of esters is 1. The molecule has 0 saturated carbocycles. The van der Waals surface area contributed by atoms with E-state index in [1.807, 2.05) is 6.07 Å². The summed E-state index contributed by atoms with van der Waals surface area (Å²) < 4.78 is 18.7. The zero-order valence-electron chi connectivity index (χ0n) is 11.1. The summed E-state index contributed by atoms with van der Waals surface area (Å²) >= 11 is 0. The molecule has 0 bridgehead atoms. The molecule has 3 rings (SSSR count). The lowest BCUT2D eigenvalue weighted by Crippen LogP contribution is -2.71. The number of rotatable bonds is 2. The van der Waals surface area contributed by atoms with E-state index in [1.165, 1.54) is 13.2 Å². The predicted octanol–water partition coefficient (Wildman–Crippen LogP) is 1.33. The van der Waals surface area contributed by atoms with Gasteiger partial charge in [-0.2, -0.15) is 0 Å². The minimum atomic E-state index is -0.629. The molecule has 2 aliphatic heterocycles. The molecule has 0 atom stereocenters. The second kappa shape index (κ2) is 4.20. The maximum Gasteiger partial charge on any atom is 0.340 e. The summed E-state index contributed by atoms with van der Waals surface area (Å²) in [6.45, 7) is 5.72. The molecule has 2 heterocycles. The first-order chi connectivity index (χ1) is 9.06. The number of hydrogen-bond donors (Lipinski definition) is 1. The fourth-order valence-corrected chi connectivity index (χ4v) is 2.92. The third kappa shape index (κ3) is 1.80. The molecular weight excluding hydrogens is 247 g/mol. The van der Waals surface area contributed by atoms with E-state index >= 15 is 0 Å². The Bertz CT molecular complexity index is 532. The van der Waals surface area contributed by atoms with E-state index in [9.17, 15) is 9.18 Å². The van der Waals surface area contributed by atoms with E-state index in [0.717, 1.165) is 31.9 Å². The van der Waals surface area contributed by atoms with Gasteiger partial charge in [0.25, 0.3) is 0 Å². The molecule has 1 aromatic carbocycles. The number of carbonyl (C=O) groups is 1. The van der Waals surface area contributed by atoms with E-state index < -0.39 is 11.8 Å². The van der Waals surface area contributed by atoms with Crippen molar-refractivity contribution in [3.63, 3.8) is 0 Å². The quantitative estimate of drug-likeness (QED) is 0.818. The van der Waals surface area contributed by atoms with Gasteiger partial charge >= 0.3 is 5.97 Å². The van der Waals surface area contributed by atoms with Crippen molar-refractivity contribution in [1.29, 1.82) is 0 Å². The molecule has 2 fully saturated rings. The fraction of sp³-hybridized carbons (Fsp3) is 0.500. The highest BCUT2D eigenvalue weighted by atomic mass is 19.1. The molecule has 1 N–H and O–H groups in total. The van der Waals surface area contributed by atoms with Crippen molar-refractivity contribution >= 4 is 11.7 Å². The van der Waals surface area contributed by atoms with Crippen LogP contribution >= 0.6 is 0 Å². The van der Waals surface area contributed by atoms with Crippen LogP contribution in [-0.4, -0.2) is 39.3 Å². The number of anilines is 1. The van der Waals surface area contributed by atoms with Crippen molar-refractivity contribution in [3.8, 4) is 0 Å². The van der Waals surface area contributed by atoms with Gasteiger partial charge < -0.3 is 15.0 Å². The maximum atomic E-state index is 14.2. The number of nitrogens with one attached hydrogen (secondary N) is 1. The summed E-state index contributed by atoms with van der Waals surface area (Å²) in [6, 6.07) is 3.32. The monoisotopic (exact) mass is 264 g/mol. The Kier molecular flexibility index (Phi) is 2.74. The Balaban J connectivity index is 1.84. The number of methoxy groups -OCH3 is 1. The summed E-state index contributed by atoms with van der Waals surface area (Å²) in [5, 5.41) is 3.27. The Morgan fingerprint density at radius 1 is 1.42 bits per heavy atom. The van der Waals surface area contributed by atoms with Crippen LogP contribution in [0, 0.1) is 18.2 Å². The van der Waals surface area contributed by atoms with Crippen molar-refractivity contribution in [3.05, 3.63) is 29.1 Å². The SMILES string of the molecule is COC(=O)c1ccc(N2CC3(CNC3)C2)c(C)c1F.